The third-order valence-electron chi connectivity index (χ3n) is 2.05. The number of amides is 2. The van der Waals surface area contributed by atoms with E-state index in [-0.39, 0.29) is 12.3 Å². The first-order valence-electron chi connectivity index (χ1n) is 4.92. The zero-order valence-corrected chi connectivity index (χ0v) is 9.63. The van der Waals surface area contributed by atoms with E-state index >= 15 is 0 Å². The fraction of sp³-hybridized carbons (Fsp3) is 0.400. The smallest absolute Gasteiger partial charge is 0.237 e. The van der Waals surface area contributed by atoms with E-state index in [1.165, 1.54) is 5.56 Å². The number of hydrogen-bond donors (Lipinski definition) is 3. The second-order valence-corrected chi connectivity index (χ2v) is 4.23. The third kappa shape index (κ3) is 4.41. The van der Waals surface area contributed by atoms with Crippen LogP contribution in [0.25, 0.3) is 0 Å². The lowest BCUT2D eigenvalue weighted by Crippen LogP contribution is -2.43. The Morgan fingerprint density at radius 2 is 2.25 bits per heavy atom. The number of primary amides is 1. The predicted molar refractivity (Wildman–Crippen MR) is 62.8 cm³/mol. The number of nitrogens with one attached hydrogen (secondary N) is 1. The highest BCUT2D eigenvalue weighted by molar-refractivity contribution is 7.07. The highest BCUT2D eigenvalue weighted by atomic mass is 32.1. The largest absolute Gasteiger partial charge is 0.370 e. The summed E-state index contributed by atoms with van der Waals surface area (Å²) < 4.78 is 0. The summed E-state index contributed by atoms with van der Waals surface area (Å²) in [4.78, 5) is 21.9. The Morgan fingerprint density at radius 3 is 2.81 bits per heavy atom. The number of carbonyl (C=O) groups is 2. The van der Waals surface area contributed by atoms with Gasteiger partial charge in [0.25, 0.3) is 0 Å². The van der Waals surface area contributed by atoms with Crippen molar-refractivity contribution in [3.63, 3.8) is 0 Å². The molecule has 6 heteroatoms. The van der Waals surface area contributed by atoms with Crippen molar-refractivity contribution in [2.24, 2.45) is 11.5 Å². The van der Waals surface area contributed by atoms with E-state index in [9.17, 15) is 9.59 Å². The molecule has 5 N–H and O–H groups in total. The zero-order valence-electron chi connectivity index (χ0n) is 8.81. The molecule has 0 spiro atoms. The van der Waals surface area contributed by atoms with Gasteiger partial charge in [0.1, 0.15) is 0 Å². The fourth-order valence-electron chi connectivity index (χ4n) is 1.21. The van der Waals surface area contributed by atoms with Gasteiger partial charge < -0.3 is 16.8 Å². The van der Waals surface area contributed by atoms with E-state index in [2.05, 4.69) is 5.32 Å². The molecule has 1 rings (SSSR count). The molecular formula is C10H15N3O2S. The van der Waals surface area contributed by atoms with E-state index in [0.29, 0.717) is 6.54 Å². The van der Waals surface area contributed by atoms with Crippen LogP contribution < -0.4 is 16.8 Å². The van der Waals surface area contributed by atoms with Crippen molar-refractivity contribution >= 4 is 23.2 Å². The van der Waals surface area contributed by atoms with Crippen molar-refractivity contribution in [2.45, 2.75) is 18.9 Å². The summed E-state index contributed by atoms with van der Waals surface area (Å²) in [7, 11) is 0. The molecule has 1 heterocycles. The molecule has 1 aromatic rings. The van der Waals surface area contributed by atoms with Crippen molar-refractivity contribution in [1.29, 1.82) is 0 Å². The van der Waals surface area contributed by atoms with Gasteiger partial charge in [-0.05, 0) is 28.8 Å². The minimum absolute atomic E-state index is 0.121. The molecule has 0 radical (unpaired) electrons. The second-order valence-electron chi connectivity index (χ2n) is 3.45. The van der Waals surface area contributed by atoms with Gasteiger partial charge in [0, 0.05) is 6.54 Å². The van der Waals surface area contributed by atoms with Gasteiger partial charge >= 0.3 is 0 Å². The van der Waals surface area contributed by atoms with Crippen LogP contribution >= 0.6 is 11.3 Å². The van der Waals surface area contributed by atoms with Crippen LogP contribution in [0.15, 0.2) is 16.8 Å². The molecule has 1 aromatic heterocycles. The lowest BCUT2D eigenvalue weighted by Gasteiger charge is -2.09. The van der Waals surface area contributed by atoms with E-state index in [1.54, 1.807) is 11.3 Å². The highest BCUT2D eigenvalue weighted by Gasteiger charge is 2.14. The highest BCUT2D eigenvalue weighted by Crippen LogP contribution is 2.05. The molecule has 0 aliphatic rings. The van der Waals surface area contributed by atoms with Crippen molar-refractivity contribution in [3.8, 4) is 0 Å². The summed E-state index contributed by atoms with van der Waals surface area (Å²) >= 11 is 1.61. The molecule has 0 aliphatic carbocycles. The van der Waals surface area contributed by atoms with E-state index in [4.69, 9.17) is 11.5 Å². The van der Waals surface area contributed by atoms with Gasteiger partial charge in [-0.15, -0.1) is 0 Å². The van der Waals surface area contributed by atoms with Crippen molar-refractivity contribution < 1.29 is 9.59 Å². The van der Waals surface area contributed by atoms with Crippen LogP contribution in [0.1, 0.15) is 12.0 Å². The third-order valence-corrected chi connectivity index (χ3v) is 2.78. The second kappa shape index (κ2) is 6.24. The molecule has 0 fully saturated rings. The van der Waals surface area contributed by atoms with Crippen LogP contribution in [-0.4, -0.2) is 24.4 Å². The van der Waals surface area contributed by atoms with E-state index in [1.807, 2.05) is 16.8 Å². The van der Waals surface area contributed by atoms with Crippen LogP contribution in [0.3, 0.4) is 0 Å². The van der Waals surface area contributed by atoms with Crippen LogP contribution in [0, 0.1) is 0 Å². The molecule has 0 saturated carbocycles. The molecular weight excluding hydrogens is 226 g/mol. The summed E-state index contributed by atoms with van der Waals surface area (Å²) in [6.45, 7) is 0.516. The summed E-state index contributed by atoms with van der Waals surface area (Å²) in [5.74, 6) is -0.908. The Bertz CT molecular complexity index is 351. The van der Waals surface area contributed by atoms with Gasteiger partial charge in [-0.3, -0.25) is 9.59 Å². The van der Waals surface area contributed by atoms with Gasteiger partial charge in [-0.25, -0.2) is 0 Å². The molecule has 0 unspecified atom stereocenters. The van der Waals surface area contributed by atoms with Gasteiger partial charge in [0.2, 0.25) is 11.8 Å². The molecule has 88 valence electrons. The minimum atomic E-state index is -0.847. The fourth-order valence-corrected chi connectivity index (χ4v) is 1.91. The number of hydrogen-bond acceptors (Lipinski definition) is 4. The maximum atomic E-state index is 11.4. The van der Waals surface area contributed by atoms with E-state index < -0.39 is 11.9 Å². The molecule has 0 aromatic carbocycles. The SMILES string of the molecule is NC(=O)C[C@@H](N)C(=O)NCCc1ccsc1. The summed E-state index contributed by atoms with van der Waals surface area (Å²) in [5, 5.41) is 6.66. The number of carbonyl (C=O) groups excluding carboxylic acids is 2. The summed E-state index contributed by atoms with van der Waals surface area (Å²) in [6, 6.07) is 1.15. The predicted octanol–water partition coefficient (Wildman–Crippen LogP) is -0.391. The Kier molecular flexibility index (Phi) is 4.94. The lowest BCUT2D eigenvalue weighted by atomic mass is 10.2. The first-order valence-corrected chi connectivity index (χ1v) is 5.86. The Hall–Kier alpha value is -1.40. The van der Waals surface area contributed by atoms with Crippen LogP contribution in [-0.2, 0) is 16.0 Å². The topological polar surface area (TPSA) is 98.2 Å². The quantitative estimate of drug-likeness (QED) is 0.632. The molecule has 0 aliphatic heterocycles. The first kappa shape index (κ1) is 12.7. The van der Waals surface area contributed by atoms with Gasteiger partial charge in [0.15, 0.2) is 0 Å². The Labute approximate surface area is 97.8 Å². The van der Waals surface area contributed by atoms with Gasteiger partial charge in [0.05, 0.1) is 12.5 Å². The Morgan fingerprint density at radius 1 is 1.50 bits per heavy atom. The molecule has 0 saturated heterocycles. The molecule has 16 heavy (non-hydrogen) atoms. The minimum Gasteiger partial charge on any atom is -0.370 e. The molecule has 0 bridgehead atoms. The van der Waals surface area contributed by atoms with Crippen LogP contribution in [0.4, 0.5) is 0 Å². The summed E-state index contributed by atoms with van der Waals surface area (Å²) in [6.07, 6.45) is 0.642. The monoisotopic (exact) mass is 241 g/mol. The van der Waals surface area contributed by atoms with Gasteiger partial charge in [-0.2, -0.15) is 11.3 Å². The molecule has 5 nitrogen and oxygen atoms in total. The zero-order chi connectivity index (χ0) is 12.0. The lowest BCUT2D eigenvalue weighted by molar-refractivity contribution is -0.126. The standard InChI is InChI=1S/C10H15N3O2S/c11-8(5-9(12)14)10(15)13-3-1-7-2-4-16-6-7/h2,4,6,8H,1,3,5,11H2,(H2,12,14)(H,13,15)/t8-/m1/s1. The Balaban J connectivity index is 2.22. The van der Waals surface area contributed by atoms with Crippen LogP contribution in [0.2, 0.25) is 0 Å². The number of nitrogens with two attached hydrogens (primary N) is 2. The maximum absolute atomic E-state index is 11.4. The summed E-state index contributed by atoms with van der Waals surface area (Å²) in [5.41, 5.74) is 11.6. The van der Waals surface area contributed by atoms with Crippen molar-refractivity contribution in [1.82, 2.24) is 5.32 Å². The van der Waals surface area contributed by atoms with Gasteiger partial charge in [-0.1, -0.05) is 0 Å². The normalized spacial score (nSPS) is 12.1. The van der Waals surface area contributed by atoms with Crippen molar-refractivity contribution in [2.75, 3.05) is 6.54 Å². The maximum Gasteiger partial charge on any atom is 0.237 e. The van der Waals surface area contributed by atoms with Crippen molar-refractivity contribution in [3.05, 3.63) is 22.4 Å². The number of thiophene rings is 1. The van der Waals surface area contributed by atoms with Crippen LogP contribution in [0.5, 0.6) is 0 Å². The average molecular weight is 241 g/mol. The first-order chi connectivity index (χ1) is 7.59. The number of rotatable bonds is 6. The molecule has 1 atom stereocenters. The average Bonchev–Trinajstić information content (AvgIpc) is 2.69. The molecule has 2 amide bonds. The van der Waals surface area contributed by atoms with E-state index in [0.717, 1.165) is 6.42 Å².